The largest absolute Gasteiger partial charge is 0.462 e. The van der Waals surface area contributed by atoms with Crippen molar-refractivity contribution in [1.29, 1.82) is 0 Å². The maximum atomic E-state index is 12.8. The van der Waals surface area contributed by atoms with Crippen molar-refractivity contribution < 1.29 is 28.6 Å². The number of carbonyl (C=O) groups excluding carboxylic acids is 3. The summed E-state index contributed by atoms with van der Waals surface area (Å²) in [6.07, 6.45) is 68.3. The molecule has 6 nitrogen and oxygen atoms in total. The Morgan fingerprint density at radius 1 is 0.328 bits per heavy atom. The minimum atomic E-state index is -0.810. The van der Waals surface area contributed by atoms with Gasteiger partial charge < -0.3 is 14.2 Å². The number of allylic oxidation sites excluding steroid dienone is 16. The Kier molecular flexibility index (Phi) is 49.0. The summed E-state index contributed by atoms with van der Waals surface area (Å²) < 4.78 is 16.7. The second-order valence-electron chi connectivity index (χ2n) is 17.1. The number of rotatable bonds is 46. The molecule has 0 aliphatic carbocycles. The van der Waals surface area contributed by atoms with Crippen LogP contribution < -0.4 is 0 Å². The van der Waals surface area contributed by atoms with Crippen molar-refractivity contribution in [3.05, 3.63) is 97.2 Å². The smallest absolute Gasteiger partial charge is 0.306 e. The first-order chi connectivity index (χ1) is 31.5. The van der Waals surface area contributed by atoms with E-state index >= 15 is 0 Å². The maximum absolute atomic E-state index is 12.8. The van der Waals surface area contributed by atoms with Crippen LogP contribution in [0.25, 0.3) is 0 Å². The van der Waals surface area contributed by atoms with Gasteiger partial charge >= 0.3 is 17.9 Å². The van der Waals surface area contributed by atoms with Gasteiger partial charge in [-0.05, 0) is 89.9 Å². The topological polar surface area (TPSA) is 78.9 Å². The molecule has 1 atom stereocenters. The summed E-state index contributed by atoms with van der Waals surface area (Å²) in [6.45, 7) is 6.41. The molecule has 6 heteroatoms. The van der Waals surface area contributed by atoms with E-state index in [4.69, 9.17) is 14.2 Å². The summed E-state index contributed by atoms with van der Waals surface area (Å²) in [7, 11) is 0. The number of hydrogen-bond acceptors (Lipinski definition) is 6. The van der Waals surface area contributed by atoms with Gasteiger partial charge in [-0.2, -0.15) is 0 Å². The van der Waals surface area contributed by atoms with E-state index in [2.05, 4.69) is 112 Å². The van der Waals surface area contributed by atoms with Gasteiger partial charge in [0.15, 0.2) is 6.10 Å². The molecular weight excluding hydrogens is 793 g/mol. The lowest BCUT2D eigenvalue weighted by Gasteiger charge is -2.18. The van der Waals surface area contributed by atoms with Crippen molar-refractivity contribution in [1.82, 2.24) is 0 Å². The molecule has 0 unspecified atom stereocenters. The number of hydrogen-bond donors (Lipinski definition) is 0. The van der Waals surface area contributed by atoms with E-state index in [1.165, 1.54) is 96.3 Å². The van der Waals surface area contributed by atoms with Crippen LogP contribution in [0.15, 0.2) is 97.2 Å². The maximum Gasteiger partial charge on any atom is 0.306 e. The molecule has 0 aromatic heterocycles. The molecule has 0 bridgehead atoms. The molecule has 0 aromatic rings. The van der Waals surface area contributed by atoms with Crippen molar-refractivity contribution >= 4 is 17.9 Å². The normalized spacial score (nSPS) is 12.9. The lowest BCUT2D eigenvalue weighted by atomic mass is 10.1. The van der Waals surface area contributed by atoms with Crippen LogP contribution in [-0.2, 0) is 28.6 Å². The Morgan fingerprint density at radius 3 is 1.08 bits per heavy atom. The zero-order valence-electron chi connectivity index (χ0n) is 41.5. The Morgan fingerprint density at radius 2 is 0.641 bits per heavy atom. The van der Waals surface area contributed by atoms with Crippen molar-refractivity contribution in [3.63, 3.8) is 0 Å². The van der Waals surface area contributed by atoms with Gasteiger partial charge in [-0.15, -0.1) is 0 Å². The Balaban J connectivity index is 4.48. The summed E-state index contributed by atoms with van der Waals surface area (Å²) in [5.41, 5.74) is 0. The van der Waals surface area contributed by atoms with Crippen LogP contribution in [0, 0.1) is 0 Å². The zero-order valence-corrected chi connectivity index (χ0v) is 41.5. The third kappa shape index (κ3) is 49.3. The van der Waals surface area contributed by atoms with Crippen LogP contribution in [-0.4, -0.2) is 37.2 Å². The molecule has 0 heterocycles. The molecule has 0 aromatic carbocycles. The highest BCUT2D eigenvalue weighted by atomic mass is 16.6. The van der Waals surface area contributed by atoms with Gasteiger partial charge in [-0.3, -0.25) is 14.4 Å². The second-order valence-corrected chi connectivity index (χ2v) is 17.1. The van der Waals surface area contributed by atoms with Crippen LogP contribution in [0.5, 0.6) is 0 Å². The van der Waals surface area contributed by atoms with Gasteiger partial charge in [0.05, 0.1) is 0 Å². The summed E-state index contributed by atoms with van der Waals surface area (Å²) in [5.74, 6) is -1.00. The standard InChI is InChI=1S/C58H96O6/c1-4-7-10-13-16-19-22-24-26-28-29-31-32-34-36-39-42-45-48-51-57(60)63-54-55(53-62-56(59)50-47-44-41-38-21-18-15-12-9-6-3)64-58(61)52-49-46-43-40-37-35-33-30-27-25-23-20-17-14-11-8-5-2/h7,10,16-17,19-20,24-27,29,31,34,36,42,45,55H,4-6,8-9,11-15,18,21-23,28,30,32-33,35,37-41,43-44,46-54H2,1-3H3/b10-7-,19-16-,20-17-,26-24-,27-25-,31-29-,36-34-,45-42-/t55-/m1/s1. The summed E-state index contributed by atoms with van der Waals surface area (Å²) >= 11 is 0. The van der Waals surface area contributed by atoms with Gasteiger partial charge in [-0.1, -0.05) is 221 Å². The molecule has 0 amide bonds. The first-order valence-corrected chi connectivity index (χ1v) is 26.2. The minimum Gasteiger partial charge on any atom is -0.462 e. The van der Waals surface area contributed by atoms with Crippen molar-refractivity contribution in [3.8, 4) is 0 Å². The second kappa shape index (κ2) is 52.0. The van der Waals surface area contributed by atoms with Crippen LogP contribution in [0.2, 0.25) is 0 Å². The van der Waals surface area contributed by atoms with Gasteiger partial charge in [0.1, 0.15) is 13.2 Å². The van der Waals surface area contributed by atoms with Crippen molar-refractivity contribution in [2.45, 2.75) is 239 Å². The fourth-order valence-electron chi connectivity index (χ4n) is 6.91. The molecule has 0 saturated heterocycles. The van der Waals surface area contributed by atoms with E-state index in [9.17, 15) is 14.4 Å². The van der Waals surface area contributed by atoms with Gasteiger partial charge in [0, 0.05) is 19.3 Å². The molecule has 0 aliphatic rings. The Labute approximate surface area is 394 Å². The summed E-state index contributed by atoms with van der Waals surface area (Å²) in [5, 5.41) is 0. The molecule has 0 fully saturated rings. The molecule has 0 radical (unpaired) electrons. The summed E-state index contributed by atoms with van der Waals surface area (Å²) in [4.78, 5) is 37.9. The fraction of sp³-hybridized carbons (Fsp3) is 0.672. The fourth-order valence-corrected chi connectivity index (χ4v) is 6.91. The predicted octanol–water partition coefficient (Wildman–Crippen LogP) is 17.4. The monoisotopic (exact) mass is 889 g/mol. The first-order valence-electron chi connectivity index (χ1n) is 26.2. The molecule has 64 heavy (non-hydrogen) atoms. The highest BCUT2D eigenvalue weighted by Gasteiger charge is 2.19. The van der Waals surface area contributed by atoms with Gasteiger partial charge in [0.2, 0.25) is 0 Å². The number of esters is 3. The lowest BCUT2D eigenvalue weighted by molar-refractivity contribution is -0.166. The van der Waals surface area contributed by atoms with E-state index in [0.29, 0.717) is 19.3 Å². The third-order valence-corrected chi connectivity index (χ3v) is 10.8. The SMILES string of the molecule is CC/C=C\C/C=C\C/C=C\C/C=C\C/C=C\C/C=C\CCC(=O)OC[C@@H](COC(=O)CCCCCCCCCCCC)OC(=O)CCCCCCCCC/C=C\C/C=C\CCCCC. The minimum absolute atomic E-state index is 0.103. The van der Waals surface area contributed by atoms with Crippen LogP contribution in [0.1, 0.15) is 233 Å². The average molecular weight is 889 g/mol. The molecular formula is C58H96O6. The van der Waals surface area contributed by atoms with Crippen molar-refractivity contribution in [2.24, 2.45) is 0 Å². The van der Waals surface area contributed by atoms with Crippen LogP contribution in [0.3, 0.4) is 0 Å². The highest BCUT2D eigenvalue weighted by Crippen LogP contribution is 2.14. The van der Waals surface area contributed by atoms with E-state index in [-0.39, 0.29) is 37.5 Å². The molecule has 0 spiro atoms. The molecule has 0 N–H and O–H groups in total. The van der Waals surface area contributed by atoms with E-state index in [1.807, 2.05) is 6.08 Å². The van der Waals surface area contributed by atoms with Crippen molar-refractivity contribution in [2.75, 3.05) is 13.2 Å². The third-order valence-electron chi connectivity index (χ3n) is 10.8. The lowest BCUT2D eigenvalue weighted by Crippen LogP contribution is -2.30. The van der Waals surface area contributed by atoms with Crippen LogP contribution in [0.4, 0.5) is 0 Å². The molecule has 0 aliphatic heterocycles. The number of unbranched alkanes of at least 4 members (excludes halogenated alkanes) is 19. The van der Waals surface area contributed by atoms with E-state index in [1.54, 1.807) is 0 Å². The van der Waals surface area contributed by atoms with E-state index < -0.39 is 6.10 Å². The number of ether oxygens (including phenoxy) is 3. The first kappa shape index (κ1) is 60.3. The predicted molar refractivity (Wildman–Crippen MR) is 274 cm³/mol. The summed E-state index contributed by atoms with van der Waals surface area (Å²) in [6, 6.07) is 0. The molecule has 0 rings (SSSR count). The zero-order chi connectivity index (χ0) is 46.5. The van der Waals surface area contributed by atoms with Crippen LogP contribution >= 0.6 is 0 Å². The molecule has 0 saturated carbocycles. The Hall–Kier alpha value is -3.67. The molecule has 364 valence electrons. The van der Waals surface area contributed by atoms with Gasteiger partial charge in [0.25, 0.3) is 0 Å². The quantitative estimate of drug-likeness (QED) is 0.0262. The van der Waals surface area contributed by atoms with Gasteiger partial charge in [-0.25, -0.2) is 0 Å². The number of carbonyl (C=O) groups is 3. The average Bonchev–Trinajstić information content (AvgIpc) is 3.29. The van der Waals surface area contributed by atoms with E-state index in [0.717, 1.165) is 89.9 Å². The highest BCUT2D eigenvalue weighted by molar-refractivity contribution is 5.71. The Bertz CT molecular complexity index is 1300.